The molecule has 0 saturated heterocycles. The molecule has 0 saturated carbocycles. The Morgan fingerprint density at radius 1 is 1.41 bits per heavy atom. The molecule has 1 aromatic rings. The van der Waals surface area contributed by atoms with Crippen molar-refractivity contribution in [2.24, 2.45) is 0 Å². The van der Waals surface area contributed by atoms with Gasteiger partial charge in [0.25, 0.3) is 0 Å². The first-order valence-corrected chi connectivity index (χ1v) is 7.54. The SMILES string of the molecule is CCOc1cncc(/C=C/C[C@H](C)NC(=O)OC(C)(C)C)c1. The monoisotopic (exact) mass is 306 g/mol. The van der Waals surface area contributed by atoms with Crippen LogP contribution in [0.5, 0.6) is 5.75 Å². The van der Waals surface area contributed by atoms with Gasteiger partial charge in [-0.25, -0.2) is 4.79 Å². The van der Waals surface area contributed by atoms with Gasteiger partial charge in [0.05, 0.1) is 12.8 Å². The Morgan fingerprint density at radius 2 is 2.14 bits per heavy atom. The lowest BCUT2D eigenvalue weighted by Gasteiger charge is -2.21. The predicted molar refractivity (Wildman–Crippen MR) is 87.9 cm³/mol. The number of hydrogen-bond donors (Lipinski definition) is 1. The largest absolute Gasteiger partial charge is 0.492 e. The number of amides is 1. The Morgan fingerprint density at radius 3 is 2.77 bits per heavy atom. The van der Waals surface area contributed by atoms with Crippen molar-refractivity contribution in [1.29, 1.82) is 0 Å². The molecule has 0 aliphatic carbocycles. The summed E-state index contributed by atoms with van der Waals surface area (Å²) in [7, 11) is 0. The third-order valence-electron chi connectivity index (χ3n) is 2.61. The Balaban J connectivity index is 2.44. The van der Waals surface area contributed by atoms with Crippen LogP contribution in [0.15, 0.2) is 24.5 Å². The van der Waals surface area contributed by atoms with Gasteiger partial charge >= 0.3 is 6.09 Å². The van der Waals surface area contributed by atoms with Crippen LogP contribution in [0.1, 0.15) is 46.6 Å². The van der Waals surface area contributed by atoms with Gasteiger partial charge in [-0.3, -0.25) is 4.98 Å². The highest BCUT2D eigenvalue weighted by Crippen LogP contribution is 2.13. The molecule has 5 nitrogen and oxygen atoms in total. The van der Waals surface area contributed by atoms with E-state index in [1.165, 1.54) is 0 Å². The topological polar surface area (TPSA) is 60.5 Å². The predicted octanol–water partition coefficient (Wildman–Crippen LogP) is 3.80. The lowest BCUT2D eigenvalue weighted by atomic mass is 10.2. The molecular formula is C17H26N2O3. The lowest BCUT2D eigenvalue weighted by molar-refractivity contribution is 0.0509. The number of nitrogens with zero attached hydrogens (tertiary/aromatic N) is 1. The van der Waals surface area contributed by atoms with Crippen molar-refractivity contribution >= 4 is 12.2 Å². The van der Waals surface area contributed by atoms with Gasteiger partial charge in [0.1, 0.15) is 11.4 Å². The van der Waals surface area contributed by atoms with E-state index in [1.54, 1.807) is 12.4 Å². The van der Waals surface area contributed by atoms with Crippen LogP contribution >= 0.6 is 0 Å². The van der Waals surface area contributed by atoms with Gasteiger partial charge in [-0.05, 0) is 52.7 Å². The molecule has 1 atom stereocenters. The fourth-order valence-electron chi connectivity index (χ4n) is 1.75. The fourth-order valence-corrected chi connectivity index (χ4v) is 1.75. The van der Waals surface area contributed by atoms with Gasteiger partial charge < -0.3 is 14.8 Å². The maximum Gasteiger partial charge on any atom is 0.407 e. The second kappa shape index (κ2) is 8.41. The summed E-state index contributed by atoms with van der Waals surface area (Å²) in [5, 5.41) is 2.80. The number of rotatable bonds is 6. The van der Waals surface area contributed by atoms with Crippen LogP contribution in [-0.2, 0) is 4.74 Å². The summed E-state index contributed by atoms with van der Waals surface area (Å²) < 4.78 is 10.6. The van der Waals surface area contributed by atoms with E-state index in [0.717, 1.165) is 11.3 Å². The van der Waals surface area contributed by atoms with E-state index < -0.39 is 11.7 Å². The van der Waals surface area contributed by atoms with E-state index in [2.05, 4.69) is 10.3 Å². The first-order valence-electron chi connectivity index (χ1n) is 7.54. The van der Waals surface area contributed by atoms with Crippen molar-refractivity contribution in [1.82, 2.24) is 10.3 Å². The van der Waals surface area contributed by atoms with E-state index in [1.807, 2.05) is 52.8 Å². The Kier molecular flexibility index (Phi) is 6.89. The average molecular weight is 306 g/mol. The van der Waals surface area contributed by atoms with E-state index >= 15 is 0 Å². The van der Waals surface area contributed by atoms with Crippen molar-refractivity contribution in [2.75, 3.05) is 6.61 Å². The summed E-state index contributed by atoms with van der Waals surface area (Å²) in [5.41, 5.74) is 0.487. The smallest absolute Gasteiger partial charge is 0.407 e. The first-order chi connectivity index (χ1) is 10.3. The zero-order valence-corrected chi connectivity index (χ0v) is 14.1. The van der Waals surface area contributed by atoms with Gasteiger partial charge in [-0.2, -0.15) is 0 Å². The highest BCUT2D eigenvalue weighted by atomic mass is 16.6. The summed E-state index contributed by atoms with van der Waals surface area (Å²) in [5.74, 6) is 0.754. The summed E-state index contributed by atoms with van der Waals surface area (Å²) in [6.07, 6.45) is 7.72. The number of ether oxygens (including phenoxy) is 2. The highest BCUT2D eigenvalue weighted by molar-refractivity contribution is 5.68. The Hall–Kier alpha value is -2.04. The molecule has 0 aliphatic rings. The summed E-state index contributed by atoms with van der Waals surface area (Å²) in [6, 6.07) is 1.92. The van der Waals surface area contributed by atoms with Crippen LogP contribution in [0.25, 0.3) is 6.08 Å². The minimum absolute atomic E-state index is 0.00543. The van der Waals surface area contributed by atoms with E-state index in [9.17, 15) is 4.79 Å². The standard InChI is InChI=1S/C17H26N2O3/c1-6-21-15-10-14(11-18-12-15)9-7-8-13(2)19-16(20)22-17(3,4)5/h7,9-13H,6,8H2,1-5H3,(H,19,20)/b9-7+/t13-/m0/s1. The number of nitrogens with one attached hydrogen (secondary N) is 1. The zero-order valence-electron chi connectivity index (χ0n) is 14.1. The van der Waals surface area contributed by atoms with Gasteiger partial charge in [0, 0.05) is 12.2 Å². The normalized spacial score (nSPS) is 13.0. The number of hydrogen-bond acceptors (Lipinski definition) is 4. The van der Waals surface area contributed by atoms with Crippen LogP contribution in [-0.4, -0.2) is 29.3 Å². The summed E-state index contributed by atoms with van der Waals surface area (Å²) in [6.45, 7) is 10.0. The van der Waals surface area contributed by atoms with E-state index in [0.29, 0.717) is 13.0 Å². The number of pyridine rings is 1. The molecule has 0 radical (unpaired) electrons. The van der Waals surface area contributed by atoms with Crippen molar-refractivity contribution in [3.05, 3.63) is 30.1 Å². The summed E-state index contributed by atoms with van der Waals surface area (Å²) in [4.78, 5) is 15.8. The molecule has 0 aromatic carbocycles. The maximum absolute atomic E-state index is 11.6. The average Bonchev–Trinajstić information content (AvgIpc) is 2.37. The molecule has 0 unspecified atom stereocenters. The van der Waals surface area contributed by atoms with Crippen LogP contribution < -0.4 is 10.1 Å². The fraction of sp³-hybridized carbons (Fsp3) is 0.529. The van der Waals surface area contributed by atoms with Crippen LogP contribution in [0, 0.1) is 0 Å². The van der Waals surface area contributed by atoms with Crippen molar-refractivity contribution in [3.63, 3.8) is 0 Å². The van der Waals surface area contributed by atoms with Crippen molar-refractivity contribution in [3.8, 4) is 5.75 Å². The van der Waals surface area contributed by atoms with Gasteiger partial charge in [0.15, 0.2) is 0 Å². The molecule has 5 heteroatoms. The number of carbonyl (C=O) groups excluding carboxylic acids is 1. The number of aromatic nitrogens is 1. The first kappa shape index (κ1) is 18.0. The third-order valence-corrected chi connectivity index (χ3v) is 2.61. The van der Waals surface area contributed by atoms with Crippen LogP contribution in [0.4, 0.5) is 4.79 Å². The number of carbonyl (C=O) groups is 1. The van der Waals surface area contributed by atoms with Gasteiger partial charge in [-0.15, -0.1) is 0 Å². The molecule has 22 heavy (non-hydrogen) atoms. The Labute approximate surface area is 132 Å². The molecule has 0 bridgehead atoms. The molecule has 0 aliphatic heterocycles. The summed E-state index contributed by atoms with van der Waals surface area (Å²) >= 11 is 0. The third kappa shape index (κ3) is 7.67. The zero-order chi connectivity index (χ0) is 16.6. The van der Waals surface area contributed by atoms with E-state index in [-0.39, 0.29) is 6.04 Å². The molecule has 1 heterocycles. The van der Waals surface area contributed by atoms with Crippen LogP contribution in [0.2, 0.25) is 0 Å². The molecular weight excluding hydrogens is 280 g/mol. The van der Waals surface area contributed by atoms with Crippen molar-refractivity contribution < 1.29 is 14.3 Å². The van der Waals surface area contributed by atoms with E-state index in [4.69, 9.17) is 9.47 Å². The van der Waals surface area contributed by atoms with Gasteiger partial charge in [0.2, 0.25) is 0 Å². The van der Waals surface area contributed by atoms with Crippen LogP contribution in [0.3, 0.4) is 0 Å². The number of alkyl carbamates (subject to hydrolysis) is 1. The molecule has 1 rings (SSSR count). The second-order valence-corrected chi connectivity index (χ2v) is 6.07. The van der Waals surface area contributed by atoms with Crippen molar-refractivity contribution in [2.45, 2.75) is 52.7 Å². The van der Waals surface area contributed by atoms with Gasteiger partial charge in [-0.1, -0.05) is 12.2 Å². The Bertz CT molecular complexity index is 507. The molecule has 122 valence electrons. The second-order valence-electron chi connectivity index (χ2n) is 6.07. The quantitative estimate of drug-likeness (QED) is 0.868. The minimum Gasteiger partial charge on any atom is -0.492 e. The molecule has 1 N–H and O–H groups in total. The highest BCUT2D eigenvalue weighted by Gasteiger charge is 2.17. The molecule has 1 aromatic heterocycles. The molecule has 0 fully saturated rings. The maximum atomic E-state index is 11.6. The molecule has 1 amide bonds. The minimum atomic E-state index is -0.481. The lowest BCUT2D eigenvalue weighted by Crippen LogP contribution is -2.37. The molecule has 0 spiro atoms.